The highest BCUT2D eigenvalue weighted by Crippen LogP contribution is 2.22. The van der Waals surface area contributed by atoms with Gasteiger partial charge in [0.05, 0.1) is 0 Å². The van der Waals surface area contributed by atoms with Crippen LogP contribution >= 0.6 is 0 Å². The zero-order valence-corrected chi connectivity index (χ0v) is 12.7. The Kier molecular flexibility index (Phi) is 3.74. The van der Waals surface area contributed by atoms with E-state index in [9.17, 15) is 0 Å². The second kappa shape index (κ2) is 5.52. The molecule has 1 saturated heterocycles. The molecule has 0 N–H and O–H groups in total. The second-order valence-electron chi connectivity index (χ2n) is 6.30. The number of fused-ring (bicyclic) bond motifs is 1. The summed E-state index contributed by atoms with van der Waals surface area (Å²) in [5.41, 5.74) is 2.19. The van der Waals surface area contributed by atoms with Crippen molar-refractivity contribution in [2.24, 2.45) is 5.92 Å². The van der Waals surface area contributed by atoms with Crippen molar-refractivity contribution >= 4 is 5.65 Å². The van der Waals surface area contributed by atoms with Crippen LogP contribution in [0.15, 0.2) is 18.3 Å². The number of aromatic nitrogens is 3. The van der Waals surface area contributed by atoms with Gasteiger partial charge in [0.2, 0.25) is 0 Å². The van der Waals surface area contributed by atoms with Crippen molar-refractivity contribution in [1.29, 1.82) is 0 Å². The predicted octanol–water partition coefficient (Wildman–Crippen LogP) is 2.70. The molecule has 0 saturated carbocycles. The van der Waals surface area contributed by atoms with E-state index in [0.29, 0.717) is 12.0 Å². The molecule has 3 heterocycles. The van der Waals surface area contributed by atoms with Crippen LogP contribution < -0.4 is 0 Å². The van der Waals surface area contributed by atoms with E-state index in [1.165, 1.54) is 31.5 Å². The van der Waals surface area contributed by atoms with Gasteiger partial charge in [-0.25, -0.2) is 0 Å². The highest BCUT2D eigenvalue weighted by atomic mass is 15.2. The molecule has 0 aromatic carbocycles. The first-order chi connectivity index (χ1) is 9.65. The molecular weight excluding hydrogens is 248 g/mol. The summed E-state index contributed by atoms with van der Waals surface area (Å²) in [4.78, 5) is 2.59. The minimum Gasteiger partial charge on any atom is -0.301 e. The Morgan fingerprint density at radius 1 is 1.35 bits per heavy atom. The maximum atomic E-state index is 4.41. The molecule has 4 nitrogen and oxygen atoms in total. The number of aryl methyl sites for hydroxylation is 1. The van der Waals surface area contributed by atoms with Gasteiger partial charge >= 0.3 is 0 Å². The summed E-state index contributed by atoms with van der Waals surface area (Å²) in [5.74, 6) is 1.82. The summed E-state index contributed by atoms with van der Waals surface area (Å²) < 4.78 is 2.16. The number of nitrogens with zero attached hydrogens (tertiary/aromatic N) is 4. The Morgan fingerprint density at radius 2 is 2.20 bits per heavy atom. The van der Waals surface area contributed by atoms with Gasteiger partial charge in [0.1, 0.15) is 5.82 Å². The molecule has 2 aromatic rings. The standard InChI is InChI=1S/C16H24N4/c1-12(2)19-8-5-7-14(11-19)10-15-17-18-16-13(3)6-4-9-20(15)16/h4,6,9,12,14H,5,7-8,10-11H2,1-3H3. The molecule has 0 radical (unpaired) electrons. The van der Waals surface area contributed by atoms with Crippen LogP contribution in [-0.2, 0) is 6.42 Å². The van der Waals surface area contributed by atoms with E-state index >= 15 is 0 Å². The van der Waals surface area contributed by atoms with Crippen LogP contribution in [0.3, 0.4) is 0 Å². The van der Waals surface area contributed by atoms with Gasteiger partial charge in [-0.15, -0.1) is 10.2 Å². The monoisotopic (exact) mass is 272 g/mol. The lowest BCUT2D eigenvalue weighted by Crippen LogP contribution is -2.40. The third-order valence-corrected chi connectivity index (χ3v) is 4.45. The second-order valence-corrected chi connectivity index (χ2v) is 6.30. The Morgan fingerprint density at radius 3 is 3.00 bits per heavy atom. The van der Waals surface area contributed by atoms with Gasteiger partial charge in [0.15, 0.2) is 5.65 Å². The molecule has 4 heteroatoms. The molecule has 20 heavy (non-hydrogen) atoms. The van der Waals surface area contributed by atoms with Crippen LogP contribution in [0.1, 0.15) is 38.1 Å². The molecule has 0 amide bonds. The van der Waals surface area contributed by atoms with Crippen LogP contribution in [0.25, 0.3) is 5.65 Å². The minimum absolute atomic E-state index is 0.648. The minimum atomic E-state index is 0.648. The summed E-state index contributed by atoms with van der Waals surface area (Å²) in [5, 5.41) is 8.75. The molecule has 1 unspecified atom stereocenters. The largest absolute Gasteiger partial charge is 0.301 e. The smallest absolute Gasteiger partial charge is 0.163 e. The Hall–Kier alpha value is -1.42. The Bertz CT molecular complexity index is 587. The fraction of sp³-hybridized carbons (Fsp3) is 0.625. The normalized spacial score (nSPS) is 20.9. The van der Waals surface area contributed by atoms with Gasteiger partial charge in [-0.2, -0.15) is 0 Å². The average molecular weight is 272 g/mol. The van der Waals surface area contributed by atoms with Crippen LogP contribution in [0, 0.1) is 12.8 Å². The van der Waals surface area contributed by atoms with E-state index in [0.717, 1.165) is 17.9 Å². The zero-order chi connectivity index (χ0) is 14.1. The van der Waals surface area contributed by atoms with Crippen LogP contribution in [0.5, 0.6) is 0 Å². The lowest BCUT2D eigenvalue weighted by atomic mass is 9.93. The summed E-state index contributed by atoms with van der Waals surface area (Å²) in [7, 11) is 0. The van der Waals surface area contributed by atoms with Gasteiger partial charge in [-0.1, -0.05) is 6.07 Å². The van der Waals surface area contributed by atoms with E-state index in [-0.39, 0.29) is 0 Å². The van der Waals surface area contributed by atoms with E-state index in [2.05, 4.69) is 58.6 Å². The number of hydrogen-bond acceptors (Lipinski definition) is 3. The topological polar surface area (TPSA) is 33.4 Å². The first kappa shape index (κ1) is 13.6. The summed E-state index contributed by atoms with van der Waals surface area (Å²) in [6.45, 7) is 9.11. The maximum absolute atomic E-state index is 4.41. The molecule has 1 fully saturated rings. The van der Waals surface area contributed by atoms with Gasteiger partial charge < -0.3 is 4.90 Å². The first-order valence-electron chi connectivity index (χ1n) is 7.68. The third-order valence-electron chi connectivity index (χ3n) is 4.45. The van der Waals surface area contributed by atoms with Crippen molar-refractivity contribution in [3.05, 3.63) is 29.7 Å². The van der Waals surface area contributed by atoms with E-state index < -0.39 is 0 Å². The van der Waals surface area contributed by atoms with Crippen molar-refractivity contribution < 1.29 is 0 Å². The van der Waals surface area contributed by atoms with Crippen molar-refractivity contribution in [2.75, 3.05) is 13.1 Å². The summed E-state index contributed by atoms with van der Waals surface area (Å²) in [6.07, 6.45) is 5.73. The lowest BCUT2D eigenvalue weighted by Gasteiger charge is -2.35. The first-order valence-corrected chi connectivity index (χ1v) is 7.68. The van der Waals surface area contributed by atoms with E-state index in [1.807, 2.05) is 0 Å². The average Bonchev–Trinajstić information content (AvgIpc) is 2.84. The number of rotatable bonds is 3. The number of hydrogen-bond donors (Lipinski definition) is 0. The van der Waals surface area contributed by atoms with Gasteiger partial charge in [0.25, 0.3) is 0 Å². The molecule has 1 atom stereocenters. The molecule has 108 valence electrons. The number of piperidine rings is 1. The third kappa shape index (κ3) is 2.57. The number of pyridine rings is 1. The van der Waals surface area contributed by atoms with Crippen molar-refractivity contribution in [2.45, 2.75) is 46.1 Å². The molecule has 0 spiro atoms. The van der Waals surface area contributed by atoms with Crippen molar-refractivity contribution in [1.82, 2.24) is 19.5 Å². The Labute approximate surface area is 120 Å². The van der Waals surface area contributed by atoms with Crippen LogP contribution in [-0.4, -0.2) is 38.6 Å². The van der Waals surface area contributed by atoms with Crippen LogP contribution in [0.4, 0.5) is 0 Å². The van der Waals surface area contributed by atoms with Crippen molar-refractivity contribution in [3.63, 3.8) is 0 Å². The summed E-state index contributed by atoms with van der Waals surface area (Å²) in [6, 6.07) is 4.82. The molecular formula is C16H24N4. The highest BCUT2D eigenvalue weighted by molar-refractivity contribution is 5.46. The van der Waals surface area contributed by atoms with Gasteiger partial charge in [-0.3, -0.25) is 4.40 Å². The molecule has 0 bridgehead atoms. The zero-order valence-electron chi connectivity index (χ0n) is 12.7. The quantitative estimate of drug-likeness (QED) is 0.861. The van der Waals surface area contributed by atoms with Crippen LogP contribution in [0.2, 0.25) is 0 Å². The molecule has 1 aliphatic rings. The van der Waals surface area contributed by atoms with E-state index in [1.54, 1.807) is 0 Å². The Balaban J connectivity index is 1.78. The van der Waals surface area contributed by atoms with E-state index in [4.69, 9.17) is 0 Å². The van der Waals surface area contributed by atoms with Gasteiger partial charge in [0, 0.05) is 25.2 Å². The fourth-order valence-electron chi connectivity index (χ4n) is 3.23. The molecule has 2 aromatic heterocycles. The fourth-order valence-corrected chi connectivity index (χ4v) is 3.23. The van der Waals surface area contributed by atoms with Crippen molar-refractivity contribution in [3.8, 4) is 0 Å². The lowest BCUT2D eigenvalue weighted by molar-refractivity contribution is 0.138. The molecule has 0 aliphatic carbocycles. The predicted molar refractivity (Wildman–Crippen MR) is 80.9 cm³/mol. The molecule has 1 aliphatic heterocycles. The number of likely N-dealkylation sites (tertiary alicyclic amines) is 1. The highest BCUT2D eigenvalue weighted by Gasteiger charge is 2.23. The maximum Gasteiger partial charge on any atom is 0.163 e. The van der Waals surface area contributed by atoms with Gasteiger partial charge in [-0.05, 0) is 57.7 Å². The molecule has 3 rings (SSSR count). The summed E-state index contributed by atoms with van der Waals surface area (Å²) >= 11 is 0. The SMILES string of the molecule is Cc1cccn2c(CC3CCCN(C(C)C)C3)nnc12.